The first-order chi connectivity index (χ1) is 13.4. The summed E-state index contributed by atoms with van der Waals surface area (Å²) in [6.07, 6.45) is 1.22. The summed E-state index contributed by atoms with van der Waals surface area (Å²) in [7, 11) is 1.50. The average molecular weight is 381 g/mol. The van der Waals surface area contributed by atoms with Gasteiger partial charge in [0, 0.05) is 25.0 Å². The molecule has 1 aromatic heterocycles. The number of aryl methyl sites for hydroxylation is 1. The van der Waals surface area contributed by atoms with Gasteiger partial charge in [0.25, 0.3) is 11.6 Å². The second-order valence-corrected chi connectivity index (χ2v) is 6.16. The van der Waals surface area contributed by atoms with Crippen molar-refractivity contribution in [2.24, 2.45) is 7.05 Å². The molecule has 0 aliphatic carbocycles. The molecule has 3 aromatic rings. The molecule has 0 saturated carbocycles. The largest absolute Gasteiger partial charge is 0.451 e. The van der Waals surface area contributed by atoms with Crippen LogP contribution in [0.4, 0.5) is 11.4 Å². The van der Waals surface area contributed by atoms with E-state index in [1.807, 2.05) is 49.4 Å². The number of anilines is 1. The van der Waals surface area contributed by atoms with Crippen LogP contribution in [0, 0.1) is 10.1 Å². The Morgan fingerprint density at radius 2 is 1.89 bits per heavy atom. The molecule has 1 heterocycles. The molecule has 0 aliphatic rings. The summed E-state index contributed by atoms with van der Waals surface area (Å²) < 4.78 is 6.41. The van der Waals surface area contributed by atoms with E-state index in [-0.39, 0.29) is 17.3 Å². The van der Waals surface area contributed by atoms with Crippen LogP contribution in [-0.4, -0.2) is 34.5 Å². The maximum absolute atomic E-state index is 12.7. The molecule has 0 aliphatic heterocycles. The molecule has 0 unspecified atom stereocenters. The van der Waals surface area contributed by atoms with E-state index >= 15 is 0 Å². The van der Waals surface area contributed by atoms with Gasteiger partial charge >= 0.3 is 5.97 Å². The predicted octanol–water partition coefficient (Wildman–Crippen LogP) is 3.30. The van der Waals surface area contributed by atoms with E-state index in [9.17, 15) is 19.7 Å². The van der Waals surface area contributed by atoms with Crippen molar-refractivity contribution < 1.29 is 19.2 Å². The van der Waals surface area contributed by atoms with E-state index in [2.05, 4.69) is 0 Å². The van der Waals surface area contributed by atoms with Gasteiger partial charge in [-0.3, -0.25) is 14.9 Å². The number of hydrogen-bond acceptors (Lipinski definition) is 5. The number of carbonyl (C=O) groups excluding carboxylic acids is 2. The number of amides is 1. The summed E-state index contributed by atoms with van der Waals surface area (Å²) in [5, 5.41) is 12.7. The number of esters is 1. The molecule has 1 amide bonds. The van der Waals surface area contributed by atoms with E-state index in [0.29, 0.717) is 6.54 Å². The van der Waals surface area contributed by atoms with Crippen LogP contribution in [0.25, 0.3) is 10.8 Å². The number of nitrogens with zero attached hydrogens (tertiary/aromatic N) is 3. The first-order valence-corrected chi connectivity index (χ1v) is 8.68. The van der Waals surface area contributed by atoms with Gasteiger partial charge in [0.05, 0.1) is 16.8 Å². The fraction of sp³-hybridized carbons (Fsp3) is 0.200. The number of rotatable bonds is 6. The maximum Gasteiger partial charge on any atom is 0.355 e. The summed E-state index contributed by atoms with van der Waals surface area (Å²) in [5.74, 6) is -1.17. The molecule has 0 spiro atoms. The monoisotopic (exact) mass is 381 g/mol. The van der Waals surface area contributed by atoms with Gasteiger partial charge < -0.3 is 14.2 Å². The minimum absolute atomic E-state index is 0.00714. The zero-order valence-electron chi connectivity index (χ0n) is 15.5. The van der Waals surface area contributed by atoms with Crippen LogP contribution >= 0.6 is 0 Å². The fourth-order valence-electron chi connectivity index (χ4n) is 3.05. The topological polar surface area (TPSA) is 94.7 Å². The molecule has 0 N–H and O–H groups in total. The highest BCUT2D eigenvalue weighted by atomic mass is 16.6. The smallest absolute Gasteiger partial charge is 0.355 e. The van der Waals surface area contributed by atoms with Gasteiger partial charge in [0.15, 0.2) is 6.61 Å². The number of likely N-dealkylation sites (N-methyl/N-ethyl adjacent to an activating group) is 1. The minimum atomic E-state index is -0.794. The van der Waals surface area contributed by atoms with Gasteiger partial charge in [-0.05, 0) is 18.4 Å². The van der Waals surface area contributed by atoms with Gasteiger partial charge in [-0.15, -0.1) is 0 Å². The van der Waals surface area contributed by atoms with Crippen LogP contribution in [0.2, 0.25) is 0 Å². The van der Waals surface area contributed by atoms with E-state index < -0.39 is 17.5 Å². The summed E-state index contributed by atoms with van der Waals surface area (Å²) >= 11 is 0. The lowest BCUT2D eigenvalue weighted by Gasteiger charge is -2.22. The Hall–Kier alpha value is -3.68. The lowest BCUT2D eigenvalue weighted by Crippen LogP contribution is -2.34. The third kappa shape index (κ3) is 3.71. The number of hydrogen-bond donors (Lipinski definition) is 0. The van der Waals surface area contributed by atoms with Crippen molar-refractivity contribution in [3.63, 3.8) is 0 Å². The number of benzene rings is 2. The molecule has 8 nitrogen and oxygen atoms in total. The summed E-state index contributed by atoms with van der Waals surface area (Å²) in [4.78, 5) is 36.7. The zero-order valence-corrected chi connectivity index (χ0v) is 15.5. The molecule has 28 heavy (non-hydrogen) atoms. The highest BCUT2D eigenvalue weighted by Gasteiger charge is 2.22. The van der Waals surface area contributed by atoms with E-state index in [0.717, 1.165) is 22.5 Å². The van der Waals surface area contributed by atoms with Crippen LogP contribution in [0.3, 0.4) is 0 Å². The molecule has 0 bridgehead atoms. The fourth-order valence-corrected chi connectivity index (χ4v) is 3.05. The third-order valence-corrected chi connectivity index (χ3v) is 4.41. The number of carbonyl (C=O) groups is 2. The second kappa shape index (κ2) is 7.91. The van der Waals surface area contributed by atoms with Gasteiger partial charge in [0.2, 0.25) is 0 Å². The Morgan fingerprint density at radius 3 is 2.57 bits per heavy atom. The quantitative estimate of drug-likeness (QED) is 0.371. The van der Waals surface area contributed by atoms with Crippen molar-refractivity contribution in [3.05, 3.63) is 70.5 Å². The Kier molecular flexibility index (Phi) is 5.39. The van der Waals surface area contributed by atoms with Crippen LogP contribution < -0.4 is 4.90 Å². The minimum Gasteiger partial charge on any atom is -0.451 e. The Morgan fingerprint density at radius 1 is 1.18 bits per heavy atom. The van der Waals surface area contributed by atoms with Gasteiger partial charge in [-0.25, -0.2) is 4.79 Å². The van der Waals surface area contributed by atoms with Gasteiger partial charge in [0.1, 0.15) is 5.69 Å². The van der Waals surface area contributed by atoms with Crippen molar-refractivity contribution in [1.29, 1.82) is 0 Å². The number of nitro groups is 1. The summed E-state index contributed by atoms with van der Waals surface area (Å²) in [5.41, 5.74) is 0.524. The van der Waals surface area contributed by atoms with E-state index in [1.165, 1.54) is 17.8 Å². The number of fused-ring (bicyclic) bond motifs is 1. The van der Waals surface area contributed by atoms with Crippen LogP contribution in [0.15, 0.2) is 54.7 Å². The molecule has 0 fully saturated rings. The molecule has 144 valence electrons. The Bertz CT molecular complexity index is 1050. The number of aromatic nitrogens is 1. The Balaban J connectivity index is 1.76. The molecule has 0 atom stereocenters. The molecular formula is C20H19N3O5. The van der Waals surface area contributed by atoms with Gasteiger partial charge in [-0.1, -0.05) is 36.4 Å². The second-order valence-electron chi connectivity index (χ2n) is 6.16. The van der Waals surface area contributed by atoms with Crippen molar-refractivity contribution in [1.82, 2.24) is 4.57 Å². The standard InChI is InChI=1S/C20H19N3O5/c1-3-22(17-10-6-8-14-7-4-5-9-16(14)17)19(24)13-28-20(25)18-11-15(23(26)27)12-21(18)2/h4-12H,3,13H2,1-2H3. The highest BCUT2D eigenvalue weighted by Crippen LogP contribution is 2.26. The summed E-state index contributed by atoms with van der Waals surface area (Å²) in [6.45, 7) is 1.77. The third-order valence-electron chi connectivity index (χ3n) is 4.41. The van der Waals surface area contributed by atoms with E-state index in [1.54, 1.807) is 4.90 Å². The molecule has 8 heteroatoms. The van der Waals surface area contributed by atoms with Gasteiger partial charge in [-0.2, -0.15) is 0 Å². The van der Waals surface area contributed by atoms with E-state index in [4.69, 9.17) is 4.74 Å². The molecule has 0 saturated heterocycles. The first-order valence-electron chi connectivity index (χ1n) is 8.68. The molecule has 0 radical (unpaired) electrons. The summed E-state index contributed by atoms with van der Waals surface area (Å²) in [6, 6.07) is 14.5. The van der Waals surface area contributed by atoms with Crippen molar-refractivity contribution in [2.75, 3.05) is 18.1 Å². The predicted molar refractivity (Wildman–Crippen MR) is 104 cm³/mol. The zero-order chi connectivity index (χ0) is 20.3. The van der Waals surface area contributed by atoms with Crippen molar-refractivity contribution >= 4 is 34.0 Å². The average Bonchev–Trinajstić information content (AvgIpc) is 3.09. The van der Waals surface area contributed by atoms with Crippen molar-refractivity contribution in [2.45, 2.75) is 6.92 Å². The normalized spacial score (nSPS) is 10.6. The SMILES string of the molecule is CCN(C(=O)COC(=O)c1cc([N+](=O)[O-])cn1C)c1cccc2ccccc12. The Labute approximate surface area is 161 Å². The maximum atomic E-state index is 12.7. The lowest BCUT2D eigenvalue weighted by molar-refractivity contribution is -0.384. The highest BCUT2D eigenvalue weighted by molar-refractivity contribution is 6.04. The molecule has 2 aromatic carbocycles. The molecule has 3 rings (SSSR count). The molecular weight excluding hydrogens is 362 g/mol. The van der Waals surface area contributed by atoms with Crippen LogP contribution in [-0.2, 0) is 16.6 Å². The van der Waals surface area contributed by atoms with Crippen LogP contribution in [0.1, 0.15) is 17.4 Å². The first kappa shape index (κ1) is 19.1. The number of ether oxygens (including phenoxy) is 1. The lowest BCUT2D eigenvalue weighted by atomic mass is 10.1. The van der Waals surface area contributed by atoms with Crippen molar-refractivity contribution in [3.8, 4) is 0 Å². The van der Waals surface area contributed by atoms with Crippen LogP contribution in [0.5, 0.6) is 0 Å².